The zero-order valence-electron chi connectivity index (χ0n) is 19.1. The van der Waals surface area contributed by atoms with Crippen molar-refractivity contribution < 1.29 is 18.7 Å². The lowest BCUT2D eigenvalue weighted by molar-refractivity contribution is -0.138. The number of furan rings is 1. The van der Waals surface area contributed by atoms with Gasteiger partial charge in [-0.2, -0.15) is 5.26 Å². The highest BCUT2D eigenvalue weighted by Crippen LogP contribution is 2.43. The molecule has 1 atom stereocenters. The number of esters is 1. The van der Waals surface area contributed by atoms with Crippen LogP contribution >= 0.6 is 11.8 Å². The molecule has 3 rings (SSSR count). The van der Waals surface area contributed by atoms with Crippen LogP contribution in [0.2, 0.25) is 0 Å². The zero-order chi connectivity index (χ0) is 24.0. The number of amides is 1. The highest BCUT2D eigenvalue weighted by Gasteiger charge is 2.39. The van der Waals surface area contributed by atoms with Crippen molar-refractivity contribution in [3.63, 3.8) is 0 Å². The van der Waals surface area contributed by atoms with Crippen LogP contribution in [0, 0.1) is 11.3 Å². The molecule has 1 aromatic heterocycles. The Morgan fingerprint density at radius 3 is 2.52 bits per heavy atom. The zero-order valence-corrected chi connectivity index (χ0v) is 19.9. The number of hydrogen-bond acceptors (Lipinski definition) is 7. The highest BCUT2D eigenvalue weighted by atomic mass is 32.2. The van der Waals surface area contributed by atoms with Gasteiger partial charge in [-0.25, -0.2) is 4.79 Å². The average molecular weight is 466 g/mol. The van der Waals surface area contributed by atoms with E-state index in [0.717, 1.165) is 5.56 Å². The molecule has 2 N–H and O–H groups in total. The standard InChI is InChI=1S/C25H27N3O4S/c1-5-31-24(30)21-20(18-12-9-13-32-18)17(14-26)23(33-15-19(29)28-25(2,3)4)27-22(21)16-10-7-6-8-11-16/h6-13,20,27H,5,15H2,1-4H3,(H,28,29)/t20-/m1/s1. The number of benzene rings is 1. The summed E-state index contributed by atoms with van der Waals surface area (Å²) in [5.41, 5.74) is 1.49. The minimum Gasteiger partial charge on any atom is -0.468 e. The fourth-order valence-corrected chi connectivity index (χ4v) is 4.33. The van der Waals surface area contributed by atoms with E-state index in [1.165, 1.54) is 18.0 Å². The molecule has 33 heavy (non-hydrogen) atoms. The van der Waals surface area contributed by atoms with Crippen molar-refractivity contribution in [3.8, 4) is 6.07 Å². The number of carbonyl (C=O) groups excluding carboxylic acids is 2. The number of ether oxygens (including phenoxy) is 1. The van der Waals surface area contributed by atoms with Crippen molar-refractivity contribution in [2.75, 3.05) is 12.4 Å². The Morgan fingerprint density at radius 1 is 1.21 bits per heavy atom. The predicted octanol–water partition coefficient (Wildman–Crippen LogP) is 4.32. The summed E-state index contributed by atoms with van der Waals surface area (Å²) in [6.07, 6.45) is 1.50. The summed E-state index contributed by atoms with van der Waals surface area (Å²) in [6, 6.07) is 15.0. The first kappa shape index (κ1) is 24.2. The van der Waals surface area contributed by atoms with Crippen molar-refractivity contribution in [2.45, 2.75) is 39.2 Å². The molecule has 8 heteroatoms. The fourth-order valence-electron chi connectivity index (χ4n) is 3.49. The number of rotatable bonds is 7. The molecule has 0 unspecified atom stereocenters. The van der Waals surface area contributed by atoms with Gasteiger partial charge < -0.3 is 19.8 Å². The lowest BCUT2D eigenvalue weighted by Gasteiger charge is -2.29. The number of nitriles is 1. The molecule has 1 aliphatic heterocycles. The first-order chi connectivity index (χ1) is 15.7. The second-order valence-corrected chi connectivity index (χ2v) is 9.38. The van der Waals surface area contributed by atoms with E-state index < -0.39 is 11.9 Å². The summed E-state index contributed by atoms with van der Waals surface area (Å²) >= 11 is 1.21. The number of carbonyl (C=O) groups is 2. The van der Waals surface area contributed by atoms with Gasteiger partial charge >= 0.3 is 5.97 Å². The normalized spacial score (nSPS) is 16.2. The van der Waals surface area contributed by atoms with Crippen LogP contribution in [0.15, 0.2) is 69.3 Å². The topological polar surface area (TPSA) is 104 Å². The van der Waals surface area contributed by atoms with Crippen molar-refractivity contribution in [3.05, 3.63) is 76.2 Å². The van der Waals surface area contributed by atoms with Crippen LogP contribution in [-0.2, 0) is 14.3 Å². The molecule has 0 saturated heterocycles. The Morgan fingerprint density at radius 2 is 1.94 bits per heavy atom. The molecular formula is C25H27N3O4S. The highest BCUT2D eigenvalue weighted by molar-refractivity contribution is 8.03. The molecule has 0 fully saturated rings. The molecule has 0 spiro atoms. The summed E-state index contributed by atoms with van der Waals surface area (Å²) < 4.78 is 11.0. The van der Waals surface area contributed by atoms with E-state index in [1.54, 1.807) is 19.1 Å². The average Bonchev–Trinajstić information content (AvgIpc) is 3.30. The molecule has 0 bridgehead atoms. The monoisotopic (exact) mass is 465 g/mol. The van der Waals surface area contributed by atoms with E-state index in [-0.39, 0.29) is 29.4 Å². The quantitative estimate of drug-likeness (QED) is 0.587. The number of hydrogen-bond donors (Lipinski definition) is 2. The third-order valence-electron chi connectivity index (χ3n) is 4.70. The van der Waals surface area contributed by atoms with Crippen molar-refractivity contribution in [1.29, 1.82) is 5.26 Å². The number of nitrogens with one attached hydrogen (secondary N) is 2. The summed E-state index contributed by atoms with van der Waals surface area (Å²) in [5.74, 6) is -0.912. The molecular weight excluding hydrogens is 438 g/mol. The van der Waals surface area contributed by atoms with Gasteiger partial charge in [0.1, 0.15) is 5.76 Å². The van der Waals surface area contributed by atoms with Crippen LogP contribution in [0.25, 0.3) is 5.70 Å². The Kier molecular flexibility index (Phi) is 7.67. The Hall–Kier alpha value is -3.44. The Bertz CT molecular complexity index is 1110. The first-order valence-corrected chi connectivity index (χ1v) is 11.6. The van der Waals surface area contributed by atoms with Crippen LogP contribution in [-0.4, -0.2) is 29.8 Å². The van der Waals surface area contributed by atoms with Crippen molar-refractivity contribution >= 4 is 29.3 Å². The lowest BCUT2D eigenvalue weighted by atomic mass is 9.84. The second-order valence-electron chi connectivity index (χ2n) is 8.39. The molecule has 172 valence electrons. The van der Waals surface area contributed by atoms with E-state index in [1.807, 2.05) is 51.1 Å². The van der Waals surface area contributed by atoms with Crippen molar-refractivity contribution in [1.82, 2.24) is 10.6 Å². The van der Waals surface area contributed by atoms with Crippen LogP contribution in [0.1, 0.15) is 44.9 Å². The summed E-state index contributed by atoms with van der Waals surface area (Å²) in [4.78, 5) is 25.6. The number of dihydropyridines is 1. The lowest BCUT2D eigenvalue weighted by Crippen LogP contribution is -2.41. The molecule has 1 aliphatic rings. The van der Waals surface area contributed by atoms with Crippen LogP contribution < -0.4 is 10.6 Å². The molecule has 1 aromatic carbocycles. The van der Waals surface area contributed by atoms with Gasteiger partial charge in [-0.05, 0) is 45.4 Å². The number of nitrogens with zero attached hydrogens (tertiary/aromatic N) is 1. The maximum Gasteiger partial charge on any atom is 0.337 e. The van der Waals surface area contributed by atoms with Crippen LogP contribution in [0.4, 0.5) is 0 Å². The second kappa shape index (κ2) is 10.5. The van der Waals surface area contributed by atoms with E-state index in [9.17, 15) is 14.9 Å². The maximum absolute atomic E-state index is 13.1. The Balaban J connectivity index is 2.10. The molecule has 0 saturated carbocycles. The molecule has 1 amide bonds. The van der Waals surface area contributed by atoms with Gasteiger partial charge in [-0.1, -0.05) is 42.1 Å². The van der Waals surface area contributed by atoms with Crippen LogP contribution in [0.5, 0.6) is 0 Å². The fraction of sp³-hybridized carbons (Fsp3) is 0.320. The number of thioether (sulfide) groups is 1. The van der Waals surface area contributed by atoms with Gasteiger partial charge in [0.05, 0.1) is 52.5 Å². The van der Waals surface area contributed by atoms with Gasteiger partial charge in [0.2, 0.25) is 5.91 Å². The smallest absolute Gasteiger partial charge is 0.337 e. The Labute approximate surface area is 197 Å². The largest absolute Gasteiger partial charge is 0.468 e. The molecule has 0 radical (unpaired) electrons. The molecule has 0 aliphatic carbocycles. The summed E-state index contributed by atoms with van der Waals surface area (Å²) in [5, 5.41) is 16.8. The third-order valence-corrected chi connectivity index (χ3v) is 5.72. The first-order valence-electron chi connectivity index (χ1n) is 10.6. The SMILES string of the molecule is CCOC(=O)C1=C(c2ccccc2)NC(SCC(=O)NC(C)(C)C)=C(C#N)[C@@H]1c1ccco1. The van der Waals surface area contributed by atoms with Crippen molar-refractivity contribution in [2.24, 2.45) is 0 Å². The minimum absolute atomic E-state index is 0.104. The summed E-state index contributed by atoms with van der Waals surface area (Å²) in [7, 11) is 0. The minimum atomic E-state index is -0.770. The summed E-state index contributed by atoms with van der Waals surface area (Å²) in [6.45, 7) is 7.64. The third kappa shape index (κ3) is 5.88. The molecule has 2 heterocycles. The van der Waals surface area contributed by atoms with Gasteiger partial charge in [0, 0.05) is 5.54 Å². The van der Waals surface area contributed by atoms with E-state index in [4.69, 9.17) is 9.15 Å². The molecule has 7 nitrogen and oxygen atoms in total. The maximum atomic E-state index is 13.1. The predicted molar refractivity (Wildman–Crippen MR) is 128 cm³/mol. The van der Waals surface area contributed by atoms with Gasteiger partial charge in [0.15, 0.2) is 0 Å². The van der Waals surface area contributed by atoms with Gasteiger partial charge in [-0.15, -0.1) is 0 Å². The van der Waals surface area contributed by atoms with Gasteiger partial charge in [0.25, 0.3) is 0 Å². The van der Waals surface area contributed by atoms with E-state index in [0.29, 0.717) is 22.1 Å². The van der Waals surface area contributed by atoms with E-state index in [2.05, 4.69) is 16.7 Å². The number of allylic oxidation sites excluding steroid dienone is 1. The van der Waals surface area contributed by atoms with E-state index >= 15 is 0 Å². The van der Waals surface area contributed by atoms with Gasteiger partial charge in [-0.3, -0.25) is 4.79 Å². The van der Waals surface area contributed by atoms with Crippen LogP contribution in [0.3, 0.4) is 0 Å². The molecule has 2 aromatic rings.